The van der Waals surface area contributed by atoms with Gasteiger partial charge in [0.15, 0.2) is 6.54 Å². The lowest BCUT2D eigenvalue weighted by atomic mass is 10.0. The van der Waals surface area contributed by atoms with Crippen molar-refractivity contribution in [3.8, 4) is 0 Å². The summed E-state index contributed by atoms with van der Waals surface area (Å²) < 4.78 is 1.03. The molecule has 0 unspecified atom stereocenters. The fourth-order valence-electron chi connectivity index (χ4n) is 2.60. The van der Waals surface area contributed by atoms with Gasteiger partial charge in [-0.3, -0.25) is 14.9 Å². The minimum Gasteiger partial charge on any atom is -0.332 e. The SMILES string of the molecule is CC[C@H]([NH2+]CC(=O)Nc1ccc([N+](=O)[O-])cc1C)c1ccc(Br)cc1. The van der Waals surface area contributed by atoms with Gasteiger partial charge in [-0.05, 0) is 30.7 Å². The van der Waals surface area contributed by atoms with E-state index in [-0.39, 0.29) is 24.2 Å². The third-order valence-corrected chi connectivity index (χ3v) is 4.55. The molecule has 2 rings (SSSR count). The highest BCUT2D eigenvalue weighted by Crippen LogP contribution is 2.21. The number of anilines is 1. The number of non-ortho nitro benzene ring substituents is 1. The Morgan fingerprint density at radius 3 is 2.52 bits per heavy atom. The molecule has 0 aliphatic rings. The van der Waals surface area contributed by atoms with Crippen LogP contribution in [0, 0.1) is 17.0 Å². The Hall–Kier alpha value is -2.25. The van der Waals surface area contributed by atoms with E-state index in [1.54, 1.807) is 13.0 Å². The van der Waals surface area contributed by atoms with Crippen LogP contribution in [0.15, 0.2) is 46.9 Å². The van der Waals surface area contributed by atoms with Crippen molar-refractivity contribution in [1.82, 2.24) is 0 Å². The second-order valence-electron chi connectivity index (χ2n) is 5.81. The maximum absolute atomic E-state index is 12.2. The first-order valence-corrected chi connectivity index (χ1v) is 8.83. The van der Waals surface area contributed by atoms with E-state index in [1.807, 2.05) is 29.6 Å². The molecule has 0 aromatic heterocycles. The van der Waals surface area contributed by atoms with Crippen LogP contribution in [-0.4, -0.2) is 17.4 Å². The number of quaternary nitrogens is 1. The van der Waals surface area contributed by atoms with Crippen molar-refractivity contribution in [1.29, 1.82) is 0 Å². The zero-order valence-electron chi connectivity index (χ0n) is 14.2. The van der Waals surface area contributed by atoms with Gasteiger partial charge in [-0.1, -0.05) is 35.0 Å². The van der Waals surface area contributed by atoms with Gasteiger partial charge in [-0.25, -0.2) is 0 Å². The molecule has 3 N–H and O–H groups in total. The van der Waals surface area contributed by atoms with Gasteiger partial charge in [-0.2, -0.15) is 0 Å². The zero-order chi connectivity index (χ0) is 18.4. The third kappa shape index (κ3) is 5.37. The monoisotopic (exact) mass is 406 g/mol. The summed E-state index contributed by atoms with van der Waals surface area (Å²) in [5, 5.41) is 15.6. The first-order chi connectivity index (χ1) is 11.9. The Bertz CT molecular complexity index is 763. The lowest BCUT2D eigenvalue weighted by Crippen LogP contribution is -2.87. The smallest absolute Gasteiger partial charge is 0.279 e. The number of benzene rings is 2. The van der Waals surface area contributed by atoms with Crippen LogP contribution in [0.1, 0.15) is 30.5 Å². The lowest BCUT2D eigenvalue weighted by Gasteiger charge is -2.14. The van der Waals surface area contributed by atoms with Gasteiger partial charge in [0, 0.05) is 34.3 Å². The number of nitrogens with two attached hydrogens (primary N) is 1. The summed E-state index contributed by atoms with van der Waals surface area (Å²) >= 11 is 3.42. The van der Waals surface area contributed by atoms with Crippen molar-refractivity contribution in [2.24, 2.45) is 0 Å². The number of nitro benzene ring substituents is 1. The molecular formula is C18H21BrN3O3+. The fourth-order valence-corrected chi connectivity index (χ4v) is 2.86. The predicted octanol–water partition coefficient (Wildman–Crippen LogP) is 3.32. The largest absolute Gasteiger partial charge is 0.332 e. The molecular weight excluding hydrogens is 386 g/mol. The number of rotatable bonds is 7. The summed E-state index contributed by atoms with van der Waals surface area (Å²) in [6, 6.07) is 12.7. The number of hydrogen-bond acceptors (Lipinski definition) is 3. The van der Waals surface area contributed by atoms with Crippen molar-refractivity contribution in [3.05, 3.63) is 68.2 Å². The van der Waals surface area contributed by atoms with Gasteiger partial charge in [0.1, 0.15) is 6.04 Å². The van der Waals surface area contributed by atoms with Crippen LogP contribution in [-0.2, 0) is 4.79 Å². The first-order valence-electron chi connectivity index (χ1n) is 8.04. The van der Waals surface area contributed by atoms with Crippen LogP contribution in [0.3, 0.4) is 0 Å². The van der Waals surface area contributed by atoms with Crippen molar-refractivity contribution >= 4 is 33.2 Å². The average molecular weight is 407 g/mol. The predicted molar refractivity (Wildman–Crippen MR) is 100 cm³/mol. The second-order valence-corrected chi connectivity index (χ2v) is 6.73. The molecule has 1 amide bonds. The molecule has 0 saturated carbocycles. The van der Waals surface area contributed by atoms with E-state index >= 15 is 0 Å². The number of nitrogens with one attached hydrogen (secondary N) is 1. The molecule has 0 saturated heterocycles. The summed E-state index contributed by atoms with van der Waals surface area (Å²) in [5.74, 6) is -0.132. The van der Waals surface area contributed by atoms with E-state index in [0.717, 1.165) is 10.9 Å². The van der Waals surface area contributed by atoms with E-state index in [4.69, 9.17) is 0 Å². The standard InChI is InChI=1S/C18H20BrN3O3/c1-3-16(13-4-6-14(19)7-5-13)20-11-18(23)21-17-9-8-15(22(24)25)10-12(17)2/h4-10,16,20H,3,11H2,1-2H3,(H,21,23)/p+1/t16-/m0/s1. The number of carbonyl (C=O) groups excluding carboxylic acids is 1. The second kappa shape index (κ2) is 8.73. The van der Waals surface area contributed by atoms with E-state index in [1.165, 1.54) is 17.7 Å². The molecule has 7 heteroatoms. The Kier molecular flexibility index (Phi) is 6.66. The molecule has 0 radical (unpaired) electrons. The Labute approximate surface area is 154 Å². The highest BCUT2D eigenvalue weighted by molar-refractivity contribution is 9.10. The third-order valence-electron chi connectivity index (χ3n) is 4.02. The molecule has 0 heterocycles. The maximum atomic E-state index is 12.2. The molecule has 1 atom stereocenters. The van der Waals surface area contributed by atoms with Crippen LogP contribution in [0.2, 0.25) is 0 Å². The Morgan fingerprint density at radius 1 is 1.28 bits per heavy atom. The molecule has 0 fully saturated rings. The zero-order valence-corrected chi connectivity index (χ0v) is 15.7. The van der Waals surface area contributed by atoms with Crippen LogP contribution >= 0.6 is 15.9 Å². The molecule has 2 aromatic carbocycles. The number of halogens is 1. The van der Waals surface area contributed by atoms with Crippen molar-refractivity contribution in [3.63, 3.8) is 0 Å². The minimum absolute atomic E-state index is 0.0170. The summed E-state index contributed by atoms with van der Waals surface area (Å²) in [4.78, 5) is 22.5. The van der Waals surface area contributed by atoms with Crippen molar-refractivity contribution in [2.45, 2.75) is 26.3 Å². The molecule has 6 nitrogen and oxygen atoms in total. The molecule has 2 aromatic rings. The lowest BCUT2D eigenvalue weighted by molar-refractivity contribution is -0.686. The number of nitro groups is 1. The van der Waals surface area contributed by atoms with E-state index < -0.39 is 4.92 Å². The summed E-state index contributed by atoms with van der Waals surface area (Å²) in [5.41, 5.74) is 2.46. The van der Waals surface area contributed by atoms with Gasteiger partial charge in [0.05, 0.1) is 4.92 Å². The van der Waals surface area contributed by atoms with Gasteiger partial charge < -0.3 is 10.6 Å². The quantitative estimate of drug-likeness (QED) is 0.545. The number of hydrogen-bond donors (Lipinski definition) is 2. The first kappa shape index (κ1) is 19.1. The number of carbonyl (C=O) groups is 1. The van der Waals surface area contributed by atoms with Crippen molar-refractivity contribution in [2.75, 3.05) is 11.9 Å². The molecule has 0 aliphatic carbocycles. The number of amides is 1. The maximum Gasteiger partial charge on any atom is 0.279 e. The average Bonchev–Trinajstić information content (AvgIpc) is 2.58. The van der Waals surface area contributed by atoms with Crippen LogP contribution < -0.4 is 10.6 Å². The topological polar surface area (TPSA) is 88.8 Å². The molecule has 132 valence electrons. The van der Waals surface area contributed by atoms with Gasteiger partial charge in [-0.15, -0.1) is 0 Å². The fraction of sp³-hybridized carbons (Fsp3) is 0.278. The molecule has 0 bridgehead atoms. The Balaban J connectivity index is 1.95. The summed E-state index contributed by atoms with van der Waals surface area (Å²) in [7, 11) is 0. The van der Waals surface area contributed by atoms with Gasteiger partial charge in [0.2, 0.25) is 0 Å². The van der Waals surface area contributed by atoms with Gasteiger partial charge >= 0.3 is 0 Å². The van der Waals surface area contributed by atoms with Crippen LogP contribution in [0.25, 0.3) is 0 Å². The van der Waals surface area contributed by atoms with E-state index in [9.17, 15) is 14.9 Å². The summed E-state index contributed by atoms with van der Waals surface area (Å²) in [6.45, 7) is 4.11. The number of nitrogens with zero attached hydrogens (tertiary/aromatic N) is 1. The van der Waals surface area contributed by atoms with Crippen LogP contribution in [0.4, 0.5) is 11.4 Å². The minimum atomic E-state index is -0.448. The molecule has 0 aliphatic heterocycles. The molecule has 0 spiro atoms. The molecule has 25 heavy (non-hydrogen) atoms. The van der Waals surface area contributed by atoms with Gasteiger partial charge in [0.25, 0.3) is 11.6 Å². The highest BCUT2D eigenvalue weighted by atomic mass is 79.9. The normalized spacial score (nSPS) is 11.8. The number of aryl methyl sites for hydroxylation is 1. The van der Waals surface area contributed by atoms with E-state index in [0.29, 0.717) is 11.3 Å². The Morgan fingerprint density at radius 2 is 1.96 bits per heavy atom. The summed E-state index contributed by atoms with van der Waals surface area (Å²) in [6.07, 6.45) is 0.908. The van der Waals surface area contributed by atoms with E-state index in [2.05, 4.69) is 28.2 Å². The van der Waals surface area contributed by atoms with Crippen LogP contribution in [0.5, 0.6) is 0 Å². The highest BCUT2D eigenvalue weighted by Gasteiger charge is 2.16. The van der Waals surface area contributed by atoms with Crippen molar-refractivity contribution < 1.29 is 15.0 Å².